The van der Waals surface area contributed by atoms with Crippen LogP contribution in [0.15, 0.2) is 6.07 Å². The summed E-state index contributed by atoms with van der Waals surface area (Å²) in [5, 5.41) is 8.78. The predicted molar refractivity (Wildman–Crippen MR) is 64.2 cm³/mol. The van der Waals surface area contributed by atoms with Gasteiger partial charge in [-0.25, -0.2) is 9.97 Å². The van der Waals surface area contributed by atoms with Crippen molar-refractivity contribution < 1.29 is 0 Å². The van der Waals surface area contributed by atoms with Crippen molar-refractivity contribution in [3.8, 4) is 6.07 Å². The van der Waals surface area contributed by atoms with Gasteiger partial charge in [-0.3, -0.25) is 0 Å². The lowest BCUT2D eigenvalue weighted by Crippen LogP contribution is -2.24. The van der Waals surface area contributed by atoms with E-state index in [9.17, 15) is 0 Å². The average molecular weight is 218 g/mol. The number of aromatic nitrogens is 2. The van der Waals surface area contributed by atoms with E-state index in [1.165, 1.54) is 0 Å². The molecule has 0 aliphatic heterocycles. The third-order valence-corrected chi connectivity index (χ3v) is 2.40. The van der Waals surface area contributed by atoms with Crippen LogP contribution in [0.3, 0.4) is 0 Å². The Morgan fingerprint density at radius 3 is 2.75 bits per heavy atom. The Morgan fingerprint density at radius 1 is 1.50 bits per heavy atom. The van der Waals surface area contributed by atoms with Gasteiger partial charge in [0.15, 0.2) is 0 Å². The number of anilines is 1. The van der Waals surface area contributed by atoms with Crippen molar-refractivity contribution >= 4 is 5.82 Å². The molecule has 16 heavy (non-hydrogen) atoms. The molecule has 0 saturated heterocycles. The lowest BCUT2D eigenvalue weighted by molar-refractivity contribution is 0.706. The quantitative estimate of drug-likeness (QED) is 0.775. The Balaban J connectivity index is 2.87. The Hall–Kier alpha value is -1.63. The summed E-state index contributed by atoms with van der Waals surface area (Å²) in [4.78, 5) is 10.7. The molecule has 0 amide bonds. The summed E-state index contributed by atoms with van der Waals surface area (Å²) in [5.74, 6) is 1.68. The highest BCUT2D eigenvalue weighted by molar-refractivity contribution is 5.39. The van der Waals surface area contributed by atoms with Crippen molar-refractivity contribution in [3.05, 3.63) is 17.6 Å². The third-order valence-electron chi connectivity index (χ3n) is 2.40. The molecule has 0 saturated carbocycles. The molecule has 1 unspecified atom stereocenters. The predicted octanol–water partition coefficient (Wildman–Crippen LogP) is 1.94. The molecule has 0 radical (unpaired) electrons. The lowest BCUT2D eigenvalue weighted by atomic mass is 10.2. The molecule has 1 aromatic rings. The fraction of sp³-hybridized carbons (Fsp3) is 0.583. The van der Waals surface area contributed by atoms with Crippen LogP contribution in [-0.2, 0) is 6.42 Å². The van der Waals surface area contributed by atoms with Gasteiger partial charge in [0, 0.05) is 25.4 Å². The third kappa shape index (κ3) is 3.20. The molecule has 0 bridgehead atoms. The van der Waals surface area contributed by atoms with Crippen LogP contribution < -0.4 is 4.90 Å². The molecular weight excluding hydrogens is 200 g/mol. The Labute approximate surface area is 96.9 Å². The van der Waals surface area contributed by atoms with Gasteiger partial charge in [-0.2, -0.15) is 5.26 Å². The summed E-state index contributed by atoms with van der Waals surface area (Å²) in [6.45, 7) is 6.56. The highest BCUT2D eigenvalue weighted by atomic mass is 15.2. The number of nitriles is 1. The minimum absolute atomic E-state index is 0.00495. The SMILES string of the molecule is CCc1cc(N(C)CC(C)C#N)nc(C)n1. The first kappa shape index (κ1) is 12.4. The number of hydrogen-bond acceptors (Lipinski definition) is 4. The smallest absolute Gasteiger partial charge is 0.132 e. The van der Waals surface area contributed by atoms with Crippen LogP contribution in [0.2, 0.25) is 0 Å². The van der Waals surface area contributed by atoms with Gasteiger partial charge in [0.2, 0.25) is 0 Å². The van der Waals surface area contributed by atoms with Crippen LogP contribution in [0.25, 0.3) is 0 Å². The van der Waals surface area contributed by atoms with Crippen LogP contribution in [-0.4, -0.2) is 23.6 Å². The molecule has 1 heterocycles. The van der Waals surface area contributed by atoms with Crippen molar-refractivity contribution in [3.63, 3.8) is 0 Å². The summed E-state index contributed by atoms with van der Waals surface area (Å²) in [7, 11) is 1.95. The van der Waals surface area contributed by atoms with E-state index < -0.39 is 0 Å². The fourth-order valence-corrected chi connectivity index (χ4v) is 1.53. The lowest BCUT2D eigenvalue weighted by Gasteiger charge is -2.20. The zero-order valence-corrected chi connectivity index (χ0v) is 10.4. The van der Waals surface area contributed by atoms with Crippen molar-refractivity contribution in [2.75, 3.05) is 18.5 Å². The first-order valence-corrected chi connectivity index (χ1v) is 5.52. The number of aryl methyl sites for hydroxylation is 2. The maximum atomic E-state index is 8.78. The summed E-state index contributed by atoms with van der Waals surface area (Å²) in [6, 6.07) is 4.21. The first-order valence-electron chi connectivity index (χ1n) is 5.52. The highest BCUT2D eigenvalue weighted by Gasteiger charge is 2.09. The van der Waals surface area contributed by atoms with E-state index >= 15 is 0 Å². The van der Waals surface area contributed by atoms with Crippen LogP contribution in [0.1, 0.15) is 25.4 Å². The van der Waals surface area contributed by atoms with Gasteiger partial charge in [0.1, 0.15) is 11.6 Å². The van der Waals surface area contributed by atoms with Crippen molar-refractivity contribution in [1.29, 1.82) is 5.26 Å². The van der Waals surface area contributed by atoms with Gasteiger partial charge in [-0.15, -0.1) is 0 Å². The van der Waals surface area contributed by atoms with Crippen LogP contribution >= 0.6 is 0 Å². The molecule has 0 aliphatic rings. The number of hydrogen-bond donors (Lipinski definition) is 0. The van der Waals surface area contributed by atoms with Crippen molar-refractivity contribution in [2.24, 2.45) is 5.92 Å². The molecule has 0 N–H and O–H groups in total. The molecule has 0 aromatic carbocycles. The molecule has 0 aliphatic carbocycles. The van der Waals surface area contributed by atoms with Crippen LogP contribution in [0.5, 0.6) is 0 Å². The number of rotatable bonds is 4. The molecular formula is C12H18N4. The largest absolute Gasteiger partial charge is 0.358 e. The maximum Gasteiger partial charge on any atom is 0.132 e. The second kappa shape index (κ2) is 5.45. The van der Waals surface area contributed by atoms with E-state index in [1.807, 2.05) is 31.9 Å². The van der Waals surface area contributed by atoms with Gasteiger partial charge in [-0.05, 0) is 20.3 Å². The average Bonchev–Trinajstić information content (AvgIpc) is 2.27. The van der Waals surface area contributed by atoms with Crippen molar-refractivity contribution in [2.45, 2.75) is 27.2 Å². The molecule has 1 atom stereocenters. The Morgan fingerprint density at radius 2 is 2.19 bits per heavy atom. The molecule has 1 aromatic heterocycles. The zero-order chi connectivity index (χ0) is 12.1. The zero-order valence-electron chi connectivity index (χ0n) is 10.4. The van der Waals surface area contributed by atoms with E-state index in [0.29, 0.717) is 6.54 Å². The Kier molecular flexibility index (Phi) is 4.24. The van der Waals surface area contributed by atoms with Gasteiger partial charge < -0.3 is 4.90 Å². The van der Waals surface area contributed by atoms with E-state index in [4.69, 9.17) is 5.26 Å². The fourth-order valence-electron chi connectivity index (χ4n) is 1.53. The topological polar surface area (TPSA) is 52.8 Å². The maximum absolute atomic E-state index is 8.78. The second-order valence-corrected chi connectivity index (χ2v) is 4.03. The molecule has 0 spiro atoms. The molecule has 0 fully saturated rings. The standard InChI is InChI=1S/C12H18N4/c1-5-11-6-12(15-10(3)14-11)16(4)8-9(2)7-13/h6,9H,5,8H2,1-4H3. The van der Waals surface area contributed by atoms with E-state index in [-0.39, 0.29) is 5.92 Å². The minimum Gasteiger partial charge on any atom is -0.358 e. The summed E-state index contributed by atoms with van der Waals surface area (Å²) in [5.41, 5.74) is 1.04. The van der Waals surface area contributed by atoms with Gasteiger partial charge in [0.05, 0.1) is 12.0 Å². The normalized spacial score (nSPS) is 11.9. The number of nitrogens with zero attached hydrogens (tertiary/aromatic N) is 4. The molecule has 1 rings (SSSR count). The van der Waals surface area contributed by atoms with E-state index in [2.05, 4.69) is 23.0 Å². The van der Waals surface area contributed by atoms with Crippen LogP contribution in [0.4, 0.5) is 5.82 Å². The molecule has 4 heteroatoms. The summed E-state index contributed by atoms with van der Waals surface area (Å²) in [6.07, 6.45) is 0.901. The first-order chi connectivity index (χ1) is 7.56. The summed E-state index contributed by atoms with van der Waals surface area (Å²) >= 11 is 0. The van der Waals surface area contributed by atoms with Crippen LogP contribution in [0, 0.1) is 24.2 Å². The summed E-state index contributed by atoms with van der Waals surface area (Å²) < 4.78 is 0. The highest BCUT2D eigenvalue weighted by Crippen LogP contribution is 2.13. The monoisotopic (exact) mass is 218 g/mol. The second-order valence-electron chi connectivity index (χ2n) is 4.03. The van der Waals surface area contributed by atoms with E-state index in [0.717, 1.165) is 23.8 Å². The minimum atomic E-state index is 0.00495. The molecule has 4 nitrogen and oxygen atoms in total. The molecule has 86 valence electrons. The van der Waals surface area contributed by atoms with Crippen molar-refractivity contribution in [1.82, 2.24) is 9.97 Å². The van der Waals surface area contributed by atoms with Gasteiger partial charge in [-0.1, -0.05) is 6.92 Å². The van der Waals surface area contributed by atoms with E-state index in [1.54, 1.807) is 0 Å². The Bertz CT molecular complexity index is 394. The van der Waals surface area contributed by atoms with Gasteiger partial charge >= 0.3 is 0 Å². The van der Waals surface area contributed by atoms with Gasteiger partial charge in [0.25, 0.3) is 0 Å².